The Bertz CT molecular complexity index is 821. The van der Waals surface area contributed by atoms with Crippen LogP contribution in [0.25, 0.3) is 11.4 Å². The molecule has 0 fully saturated rings. The molecule has 0 bridgehead atoms. The molecular weight excluding hydrogens is 294 g/mol. The Morgan fingerprint density at radius 2 is 1.91 bits per heavy atom. The summed E-state index contributed by atoms with van der Waals surface area (Å²) >= 11 is 0. The first-order valence-corrected chi connectivity index (χ1v) is 6.14. The minimum absolute atomic E-state index is 0.187. The number of halogens is 2. The summed E-state index contributed by atoms with van der Waals surface area (Å²) in [6, 6.07) is 5.98. The predicted octanol–water partition coefficient (Wildman–Crippen LogP) is 2.66. The van der Waals surface area contributed by atoms with Gasteiger partial charge in [-0.3, -0.25) is 9.78 Å². The van der Waals surface area contributed by atoms with E-state index in [2.05, 4.69) is 20.4 Å². The van der Waals surface area contributed by atoms with Gasteiger partial charge in [0.25, 0.3) is 0 Å². The lowest BCUT2D eigenvalue weighted by molar-refractivity contribution is 0.0981. The SMILES string of the molecule is O=C(Nc1cc(F)ccc1F)c1nc(-c2ccncc2)no1. The number of pyridine rings is 1. The maximum atomic E-state index is 13.5. The van der Waals surface area contributed by atoms with Crippen LogP contribution in [0.1, 0.15) is 10.7 Å². The van der Waals surface area contributed by atoms with Crippen molar-refractivity contribution in [2.45, 2.75) is 0 Å². The quantitative estimate of drug-likeness (QED) is 0.804. The topological polar surface area (TPSA) is 80.9 Å². The molecule has 1 aromatic carbocycles. The summed E-state index contributed by atoms with van der Waals surface area (Å²) in [5.41, 5.74) is 0.295. The van der Waals surface area contributed by atoms with E-state index in [1.807, 2.05) is 0 Å². The second kappa shape index (κ2) is 5.68. The van der Waals surface area contributed by atoms with E-state index in [1.54, 1.807) is 12.1 Å². The van der Waals surface area contributed by atoms with E-state index in [4.69, 9.17) is 4.52 Å². The Morgan fingerprint density at radius 3 is 2.68 bits per heavy atom. The van der Waals surface area contributed by atoms with Crippen LogP contribution in [-0.2, 0) is 0 Å². The van der Waals surface area contributed by atoms with Crippen LogP contribution in [0.2, 0.25) is 0 Å². The van der Waals surface area contributed by atoms with E-state index in [9.17, 15) is 13.6 Å². The highest BCUT2D eigenvalue weighted by Crippen LogP contribution is 2.18. The van der Waals surface area contributed by atoms with E-state index >= 15 is 0 Å². The van der Waals surface area contributed by atoms with E-state index in [0.29, 0.717) is 5.56 Å². The number of carbonyl (C=O) groups is 1. The summed E-state index contributed by atoms with van der Waals surface area (Å²) in [5.74, 6) is -2.47. The van der Waals surface area contributed by atoms with Crippen LogP contribution in [-0.4, -0.2) is 21.0 Å². The van der Waals surface area contributed by atoms with E-state index in [-0.39, 0.29) is 17.4 Å². The van der Waals surface area contributed by atoms with E-state index < -0.39 is 17.5 Å². The number of hydrogen-bond acceptors (Lipinski definition) is 5. The number of rotatable bonds is 3. The van der Waals surface area contributed by atoms with Gasteiger partial charge in [-0.05, 0) is 24.3 Å². The van der Waals surface area contributed by atoms with Gasteiger partial charge < -0.3 is 9.84 Å². The number of benzene rings is 1. The van der Waals surface area contributed by atoms with Crippen molar-refractivity contribution in [2.24, 2.45) is 0 Å². The maximum absolute atomic E-state index is 13.5. The molecule has 0 saturated heterocycles. The number of nitrogens with one attached hydrogen (secondary N) is 1. The largest absolute Gasteiger partial charge is 0.328 e. The van der Waals surface area contributed by atoms with Crippen molar-refractivity contribution in [2.75, 3.05) is 5.32 Å². The highest BCUT2D eigenvalue weighted by molar-refractivity contribution is 6.01. The lowest BCUT2D eigenvalue weighted by Gasteiger charge is -2.03. The summed E-state index contributed by atoms with van der Waals surface area (Å²) in [4.78, 5) is 19.7. The third-order valence-electron chi connectivity index (χ3n) is 2.74. The summed E-state index contributed by atoms with van der Waals surface area (Å²) in [6.07, 6.45) is 3.07. The lowest BCUT2D eigenvalue weighted by atomic mass is 10.2. The molecule has 8 heteroatoms. The highest BCUT2D eigenvalue weighted by atomic mass is 19.1. The Kier molecular flexibility index (Phi) is 3.57. The third-order valence-corrected chi connectivity index (χ3v) is 2.74. The van der Waals surface area contributed by atoms with Crippen LogP contribution >= 0.6 is 0 Å². The molecule has 22 heavy (non-hydrogen) atoms. The van der Waals surface area contributed by atoms with Gasteiger partial charge in [0.15, 0.2) is 0 Å². The fraction of sp³-hybridized carbons (Fsp3) is 0. The van der Waals surface area contributed by atoms with Gasteiger partial charge in [0.1, 0.15) is 11.6 Å². The molecule has 110 valence electrons. The molecule has 0 aliphatic carbocycles. The minimum Gasteiger partial charge on any atom is -0.328 e. The molecule has 3 rings (SSSR count). The Hall–Kier alpha value is -3.16. The summed E-state index contributed by atoms with van der Waals surface area (Å²) < 4.78 is 31.3. The predicted molar refractivity (Wildman–Crippen MR) is 71.8 cm³/mol. The fourth-order valence-electron chi connectivity index (χ4n) is 1.70. The minimum atomic E-state index is -0.836. The Labute approximate surface area is 122 Å². The van der Waals surface area contributed by atoms with Crippen molar-refractivity contribution in [3.8, 4) is 11.4 Å². The summed E-state index contributed by atoms with van der Waals surface area (Å²) in [6.45, 7) is 0. The normalized spacial score (nSPS) is 10.5. The number of hydrogen-bond donors (Lipinski definition) is 1. The van der Waals surface area contributed by atoms with Gasteiger partial charge in [-0.2, -0.15) is 4.98 Å². The standard InChI is InChI=1S/C14H8F2N4O2/c15-9-1-2-10(16)11(7-9)18-13(21)14-19-12(20-22-14)8-3-5-17-6-4-8/h1-7H,(H,18,21). The van der Waals surface area contributed by atoms with Crippen molar-refractivity contribution in [1.82, 2.24) is 15.1 Å². The van der Waals surface area contributed by atoms with Crippen LogP contribution in [0.4, 0.5) is 14.5 Å². The first-order valence-electron chi connectivity index (χ1n) is 6.14. The van der Waals surface area contributed by atoms with Crippen molar-refractivity contribution >= 4 is 11.6 Å². The monoisotopic (exact) mass is 302 g/mol. The smallest absolute Gasteiger partial charge is 0.316 e. The molecule has 0 saturated carbocycles. The zero-order valence-corrected chi connectivity index (χ0v) is 11.0. The van der Waals surface area contributed by atoms with Crippen LogP contribution in [0.5, 0.6) is 0 Å². The maximum Gasteiger partial charge on any atom is 0.316 e. The second-order valence-electron chi connectivity index (χ2n) is 4.24. The van der Waals surface area contributed by atoms with Gasteiger partial charge >= 0.3 is 11.8 Å². The van der Waals surface area contributed by atoms with Crippen LogP contribution in [0, 0.1) is 11.6 Å². The number of amides is 1. The average molecular weight is 302 g/mol. The van der Waals surface area contributed by atoms with E-state index in [0.717, 1.165) is 18.2 Å². The highest BCUT2D eigenvalue weighted by Gasteiger charge is 2.18. The number of carbonyl (C=O) groups excluding carboxylic acids is 1. The van der Waals surface area contributed by atoms with Crippen LogP contribution < -0.4 is 5.32 Å². The van der Waals surface area contributed by atoms with Gasteiger partial charge in [0, 0.05) is 24.0 Å². The Morgan fingerprint density at radius 1 is 1.14 bits per heavy atom. The molecule has 2 heterocycles. The number of aromatic nitrogens is 3. The first-order chi connectivity index (χ1) is 10.6. The second-order valence-corrected chi connectivity index (χ2v) is 4.24. The Balaban J connectivity index is 1.81. The van der Waals surface area contributed by atoms with E-state index in [1.165, 1.54) is 12.4 Å². The van der Waals surface area contributed by atoms with Gasteiger partial charge in [-0.1, -0.05) is 5.16 Å². The third kappa shape index (κ3) is 2.80. The van der Waals surface area contributed by atoms with Gasteiger partial charge in [-0.25, -0.2) is 8.78 Å². The molecule has 6 nitrogen and oxygen atoms in total. The van der Waals surface area contributed by atoms with Crippen molar-refractivity contribution in [3.05, 3.63) is 60.3 Å². The first kappa shape index (κ1) is 13.8. The fourth-order valence-corrected chi connectivity index (χ4v) is 1.70. The molecular formula is C14H8F2N4O2. The summed E-state index contributed by atoms with van der Waals surface area (Å²) in [7, 11) is 0. The zero-order chi connectivity index (χ0) is 15.5. The van der Waals surface area contributed by atoms with Gasteiger partial charge in [0.2, 0.25) is 5.82 Å². The molecule has 2 aromatic heterocycles. The van der Waals surface area contributed by atoms with Crippen molar-refractivity contribution < 1.29 is 18.1 Å². The van der Waals surface area contributed by atoms with Crippen LogP contribution in [0.3, 0.4) is 0 Å². The van der Waals surface area contributed by atoms with Gasteiger partial charge in [0.05, 0.1) is 5.69 Å². The molecule has 1 N–H and O–H groups in total. The molecule has 0 aliphatic rings. The zero-order valence-electron chi connectivity index (χ0n) is 11.0. The molecule has 0 spiro atoms. The molecule has 0 unspecified atom stereocenters. The molecule has 0 atom stereocenters. The number of nitrogens with zero attached hydrogens (tertiary/aromatic N) is 3. The average Bonchev–Trinajstić information content (AvgIpc) is 3.02. The molecule has 1 amide bonds. The van der Waals surface area contributed by atoms with Gasteiger partial charge in [-0.15, -0.1) is 0 Å². The molecule has 0 aliphatic heterocycles. The molecule has 3 aromatic rings. The summed E-state index contributed by atoms with van der Waals surface area (Å²) in [5, 5.41) is 5.82. The lowest BCUT2D eigenvalue weighted by Crippen LogP contribution is -2.13. The van der Waals surface area contributed by atoms with Crippen LogP contribution in [0.15, 0.2) is 47.2 Å². The van der Waals surface area contributed by atoms with Crippen molar-refractivity contribution in [1.29, 1.82) is 0 Å². The van der Waals surface area contributed by atoms with Crippen molar-refractivity contribution in [3.63, 3.8) is 0 Å². The number of anilines is 1. The molecule has 0 radical (unpaired) electrons.